The Morgan fingerprint density at radius 3 is 2.32 bits per heavy atom. The maximum absolute atomic E-state index is 11.5. The SMILES string of the molecule is NCCCC[C@](N)(C(=O)O)c1ccc([N+](=O)[O-])cc1[N+](=O)[O-]. The molecule has 0 aliphatic carbocycles. The summed E-state index contributed by atoms with van der Waals surface area (Å²) in [7, 11) is 0. The first-order valence-corrected chi connectivity index (χ1v) is 6.39. The molecular weight excluding hydrogens is 296 g/mol. The van der Waals surface area contributed by atoms with Crippen molar-refractivity contribution in [2.75, 3.05) is 6.54 Å². The van der Waals surface area contributed by atoms with Crippen LogP contribution in [0.15, 0.2) is 18.2 Å². The van der Waals surface area contributed by atoms with Gasteiger partial charge in [0.05, 0.1) is 21.5 Å². The Kier molecular flexibility index (Phi) is 5.49. The van der Waals surface area contributed by atoms with Crippen LogP contribution in [0.2, 0.25) is 0 Å². The second-order valence-corrected chi connectivity index (χ2v) is 4.74. The van der Waals surface area contributed by atoms with Crippen LogP contribution in [0.1, 0.15) is 24.8 Å². The van der Waals surface area contributed by atoms with Crippen molar-refractivity contribution < 1.29 is 19.7 Å². The Labute approximate surface area is 125 Å². The summed E-state index contributed by atoms with van der Waals surface area (Å²) in [6.45, 7) is 0.331. The highest BCUT2D eigenvalue weighted by molar-refractivity contribution is 5.82. The number of benzene rings is 1. The van der Waals surface area contributed by atoms with Gasteiger partial charge in [0.25, 0.3) is 11.4 Å². The van der Waals surface area contributed by atoms with Crippen LogP contribution in [0.3, 0.4) is 0 Å². The molecule has 0 heterocycles. The average Bonchev–Trinajstić information content (AvgIpc) is 2.46. The summed E-state index contributed by atoms with van der Waals surface area (Å²) >= 11 is 0. The van der Waals surface area contributed by atoms with Gasteiger partial charge in [-0.1, -0.05) is 0 Å². The van der Waals surface area contributed by atoms with E-state index in [4.69, 9.17) is 11.5 Å². The fourth-order valence-corrected chi connectivity index (χ4v) is 2.07. The molecule has 120 valence electrons. The monoisotopic (exact) mass is 312 g/mol. The lowest BCUT2D eigenvalue weighted by Gasteiger charge is -2.24. The van der Waals surface area contributed by atoms with E-state index in [1.54, 1.807) is 0 Å². The van der Waals surface area contributed by atoms with Crippen LogP contribution < -0.4 is 11.5 Å². The number of nitro groups is 2. The topological polar surface area (TPSA) is 176 Å². The van der Waals surface area contributed by atoms with Crippen LogP contribution in [-0.4, -0.2) is 27.5 Å². The first-order valence-electron chi connectivity index (χ1n) is 6.39. The number of aliphatic carboxylic acids is 1. The molecule has 1 rings (SSSR count). The number of non-ortho nitro benzene ring substituents is 1. The van der Waals surface area contributed by atoms with Crippen molar-refractivity contribution in [1.82, 2.24) is 0 Å². The minimum absolute atomic E-state index is 0.0712. The quantitative estimate of drug-likeness (QED) is 0.359. The van der Waals surface area contributed by atoms with Crippen LogP contribution in [0.4, 0.5) is 11.4 Å². The third-order valence-corrected chi connectivity index (χ3v) is 3.28. The molecule has 0 unspecified atom stereocenters. The summed E-state index contributed by atoms with van der Waals surface area (Å²) in [4.78, 5) is 31.6. The second-order valence-electron chi connectivity index (χ2n) is 4.74. The van der Waals surface area contributed by atoms with Crippen molar-refractivity contribution in [2.45, 2.75) is 24.8 Å². The van der Waals surface area contributed by atoms with Crippen molar-refractivity contribution >= 4 is 17.3 Å². The molecule has 10 nitrogen and oxygen atoms in total. The zero-order valence-corrected chi connectivity index (χ0v) is 11.6. The number of hydrogen-bond donors (Lipinski definition) is 3. The Bertz CT molecular complexity index is 605. The number of rotatable bonds is 8. The van der Waals surface area contributed by atoms with E-state index in [0.717, 1.165) is 12.1 Å². The van der Waals surface area contributed by atoms with Crippen LogP contribution >= 0.6 is 0 Å². The van der Waals surface area contributed by atoms with Gasteiger partial charge in [-0.25, -0.2) is 4.79 Å². The Morgan fingerprint density at radius 2 is 1.86 bits per heavy atom. The van der Waals surface area contributed by atoms with E-state index in [2.05, 4.69) is 0 Å². The van der Waals surface area contributed by atoms with E-state index >= 15 is 0 Å². The van der Waals surface area contributed by atoms with Gasteiger partial charge < -0.3 is 16.6 Å². The Hall–Kier alpha value is -2.59. The molecule has 0 spiro atoms. The van der Waals surface area contributed by atoms with E-state index in [1.807, 2.05) is 0 Å². The average molecular weight is 312 g/mol. The molecule has 0 aliphatic heterocycles. The first-order chi connectivity index (χ1) is 10.2. The molecule has 10 heteroatoms. The molecule has 5 N–H and O–H groups in total. The highest BCUT2D eigenvalue weighted by Crippen LogP contribution is 2.34. The molecule has 0 radical (unpaired) electrons. The van der Waals surface area contributed by atoms with Crippen molar-refractivity contribution in [3.63, 3.8) is 0 Å². The number of carboxylic acid groups (broad SMARTS) is 1. The lowest BCUT2D eigenvalue weighted by Crippen LogP contribution is -2.45. The zero-order valence-electron chi connectivity index (χ0n) is 11.6. The van der Waals surface area contributed by atoms with Crippen LogP contribution in [0, 0.1) is 20.2 Å². The number of nitro benzene ring substituents is 2. The van der Waals surface area contributed by atoms with Gasteiger partial charge in [0.1, 0.15) is 5.54 Å². The van der Waals surface area contributed by atoms with Gasteiger partial charge in [-0.15, -0.1) is 0 Å². The molecule has 1 aromatic carbocycles. The molecule has 22 heavy (non-hydrogen) atoms. The number of carboxylic acids is 1. The maximum Gasteiger partial charge on any atom is 0.328 e. The zero-order chi connectivity index (χ0) is 16.9. The van der Waals surface area contributed by atoms with E-state index in [9.17, 15) is 30.1 Å². The number of carbonyl (C=O) groups is 1. The lowest BCUT2D eigenvalue weighted by molar-refractivity contribution is -0.394. The summed E-state index contributed by atoms with van der Waals surface area (Å²) in [5.41, 5.74) is 7.71. The molecule has 0 aromatic heterocycles. The second kappa shape index (κ2) is 6.91. The maximum atomic E-state index is 11.5. The summed E-state index contributed by atoms with van der Waals surface area (Å²) in [6.07, 6.45) is 0.790. The van der Waals surface area contributed by atoms with E-state index in [1.165, 1.54) is 0 Å². The molecule has 0 amide bonds. The smallest absolute Gasteiger partial charge is 0.328 e. The number of hydrogen-bond acceptors (Lipinski definition) is 7. The number of nitrogens with zero attached hydrogens (tertiary/aromatic N) is 2. The van der Waals surface area contributed by atoms with Gasteiger partial charge in [-0.2, -0.15) is 0 Å². The van der Waals surface area contributed by atoms with Crippen LogP contribution in [0.25, 0.3) is 0 Å². The highest BCUT2D eigenvalue weighted by atomic mass is 16.6. The predicted octanol–water partition coefficient (Wildman–Crippen LogP) is 0.871. The molecule has 0 saturated heterocycles. The fourth-order valence-electron chi connectivity index (χ4n) is 2.07. The lowest BCUT2D eigenvalue weighted by atomic mass is 9.84. The molecule has 0 bridgehead atoms. The van der Waals surface area contributed by atoms with Crippen LogP contribution in [-0.2, 0) is 10.3 Å². The van der Waals surface area contributed by atoms with Gasteiger partial charge >= 0.3 is 5.97 Å². The normalized spacial score (nSPS) is 13.4. The fraction of sp³-hybridized carbons (Fsp3) is 0.417. The van der Waals surface area contributed by atoms with E-state index in [-0.39, 0.29) is 12.0 Å². The summed E-state index contributed by atoms with van der Waals surface area (Å²) in [5.74, 6) is -1.44. The molecule has 0 aliphatic rings. The molecule has 0 saturated carbocycles. The van der Waals surface area contributed by atoms with Gasteiger partial charge in [-0.05, 0) is 31.9 Å². The van der Waals surface area contributed by atoms with E-state index < -0.39 is 32.7 Å². The minimum Gasteiger partial charge on any atom is -0.480 e. The molecule has 0 fully saturated rings. The van der Waals surface area contributed by atoms with Crippen molar-refractivity contribution in [3.8, 4) is 0 Å². The van der Waals surface area contributed by atoms with E-state index in [0.29, 0.717) is 25.5 Å². The number of unbranched alkanes of at least 4 members (excludes halogenated alkanes) is 1. The predicted molar refractivity (Wildman–Crippen MR) is 76.2 cm³/mol. The summed E-state index contributed by atoms with van der Waals surface area (Å²) in [5, 5.41) is 31.2. The molecule has 1 aromatic rings. The summed E-state index contributed by atoms with van der Waals surface area (Å²) in [6, 6.07) is 2.73. The van der Waals surface area contributed by atoms with Crippen LogP contribution in [0.5, 0.6) is 0 Å². The van der Waals surface area contributed by atoms with Gasteiger partial charge in [0, 0.05) is 6.07 Å². The van der Waals surface area contributed by atoms with Crippen molar-refractivity contribution in [2.24, 2.45) is 11.5 Å². The molecular formula is C12H16N4O6. The van der Waals surface area contributed by atoms with Gasteiger partial charge in [-0.3, -0.25) is 20.2 Å². The van der Waals surface area contributed by atoms with Crippen molar-refractivity contribution in [1.29, 1.82) is 0 Å². The Balaban J connectivity index is 3.38. The largest absolute Gasteiger partial charge is 0.480 e. The number of nitrogens with two attached hydrogens (primary N) is 2. The highest BCUT2D eigenvalue weighted by Gasteiger charge is 2.41. The standard InChI is InChI=1S/C12H16N4O6/c13-6-2-1-5-12(14,11(17)18)9-4-3-8(15(19)20)7-10(9)16(21)22/h3-4,7H,1-2,5-6,13-14H2,(H,17,18)/t12-/m1/s1. The Morgan fingerprint density at radius 1 is 1.23 bits per heavy atom. The van der Waals surface area contributed by atoms with Gasteiger partial charge in [0.2, 0.25) is 0 Å². The van der Waals surface area contributed by atoms with Gasteiger partial charge in [0.15, 0.2) is 0 Å². The summed E-state index contributed by atoms with van der Waals surface area (Å²) < 4.78 is 0. The molecule has 1 atom stereocenters. The van der Waals surface area contributed by atoms with Crippen molar-refractivity contribution in [3.05, 3.63) is 44.0 Å². The first kappa shape index (κ1) is 17.5. The third kappa shape index (κ3) is 3.54. The third-order valence-electron chi connectivity index (χ3n) is 3.28. The minimum atomic E-state index is -2.01.